The van der Waals surface area contributed by atoms with Crippen molar-refractivity contribution in [3.8, 4) is 23.0 Å². The second-order valence-corrected chi connectivity index (χ2v) is 5.95. The van der Waals surface area contributed by atoms with E-state index in [9.17, 15) is 5.11 Å². The molecule has 0 radical (unpaired) electrons. The van der Waals surface area contributed by atoms with Gasteiger partial charge in [-0.2, -0.15) is 0 Å². The van der Waals surface area contributed by atoms with Gasteiger partial charge in [-0.3, -0.25) is 0 Å². The highest BCUT2D eigenvalue weighted by molar-refractivity contribution is 5.85. The van der Waals surface area contributed by atoms with Crippen LogP contribution in [0.3, 0.4) is 0 Å². The van der Waals surface area contributed by atoms with Crippen LogP contribution in [0.1, 0.15) is 16.9 Å². The number of hydrogen-bond donors (Lipinski definition) is 1. The van der Waals surface area contributed by atoms with Crippen LogP contribution in [0.4, 0.5) is 0 Å². The minimum atomic E-state index is 0.232. The van der Waals surface area contributed by atoms with Crippen LogP contribution in [0, 0.1) is 6.92 Å². The third-order valence-electron chi connectivity index (χ3n) is 4.15. The molecule has 0 aliphatic rings. The summed E-state index contributed by atoms with van der Waals surface area (Å²) in [6.45, 7) is 1.86. The first-order valence-electron chi connectivity index (χ1n) is 8.24. The van der Waals surface area contributed by atoms with Crippen LogP contribution in [-0.2, 0) is 6.42 Å². The number of benzene rings is 2. The maximum absolute atomic E-state index is 10.1. The van der Waals surface area contributed by atoms with E-state index in [1.54, 1.807) is 27.4 Å². The molecular formula is C21H22O5. The number of rotatable bonds is 6. The minimum Gasteiger partial charge on any atom is -0.507 e. The molecule has 1 heterocycles. The van der Waals surface area contributed by atoms with Gasteiger partial charge in [-0.1, -0.05) is 12.2 Å². The number of ether oxygens (including phenoxy) is 3. The molecule has 0 saturated heterocycles. The van der Waals surface area contributed by atoms with Gasteiger partial charge in [0.2, 0.25) is 5.75 Å². The molecule has 0 saturated carbocycles. The lowest BCUT2D eigenvalue weighted by Crippen LogP contribution is -1.95. The van der Waals surface area contributed by atoms with Gasteiger partial charge in [0.05, 0.1) is 26.7 Å². The Morgan fingerprint density at radius 2 is 1.65 bits per heavy atom. The van der Waals surface area contributed by atoms with Crippen molar-refractivity contribution < 1.29 is 23.7 Å². The van der Waals surface area contributed by atoms with E-state index in [-0.39, 0.29) is 5.75 Å². The SMILES string of the molecule is COc1cc(/C=C/Cc2cc(O)c3cc(C)oc3c2)cc(OC)c1OC. The Balaban J connectivity index is 1.84. The van der Waals surface area contributed by atoms with Crippen LogP contribution in [0.2, 0.25) is 0 Å². The number of phenols is 1. The highest BCUT2D eigenvalue weighted by Gasteiger charge is 2.12. The molecule has 0 aliphatic carbocycles. The summed E-state index contributed by atoms with van der Waals surface area (Å²) in [7, 11) is 4.76. The lowest BCUT2D eigenvalue weighted by molar-refractivity contribution is 0.324. The molecule has 0 aliphatic heterocycles. The third-order valence-corrected chi connectivity index (χ3v) is 4.15. The highest BCUT2D eigenvalue weighted by Crippen LogP contribution is 2.38. The zero-order valence-corrected chi connectivity index (χ0v) is 15.3. The van der Waals surface area contributed by atoms with Crippen molar-refractivity contribution in [2.45, 2.75) is 13.3 Å². The Morgan fingerprint density at radius 1 is 0.962 bits per heavy atom. The monoisotopic (exact) mass is 354 g/mol. The molecule has 5 nitrogen and oxygen atoms in total. The first-order valence-corrected chi connectivity index (χ1v) is 8.24. The van der Waals surface area contributed by atoms with Crippen molar-refractivity contribution in [1.29, 1.82) is 0 Å². The maximum Gasteiger partial charge on any atom is 0.203 e. The third kappa shape index (κ3) is 3.47. The molecule has 26 heavy (non-hydrogen) atoms. The summed E-state index contributed by atoms with van der Waals surface area (Å²) in [6.07, 6.45) is 4.64. The molecule has 2 aromatic carbocycles. The van der Waals surface area contributed by atoms with E-state index < -0.39 is 0 Å². The molecular weight excluding hydrogens is 332 g/mol. The summed E-state index contributed by atoms with van der Waals surface area (Å²) in [4.78, 5) is 0. The fourth-order valence-corrected chi connectivity index (χ4v) is 2.95. The van der Waals surface area contributed by atoms with E-state index >= 15 is 0 Å². The molecule has 0 spiro atoms. The quantitative estimate of drug-likeness (QED) is 0.693. The Bertz CT molecular complexity index is 927. The van der Waals surface area contributed by atoms with Crippen LogP contribution in [0.15, 0.2) is 40.8 Å². The fourth-order valence-electron chi connectivity index (χ4n) is 2.95. The smallest absolute Gasteiger partial charge is 0.203 e. The maximum atomic E-state index is 10.1. The van der Waals surface area contributed by atoms with Crippen LogP contribution in [0.25, 0.3) is 17.0 Å². The van der Waals surface area contributed by atoms with E-state index in [1.165, 1.54) is 0 Å². The van der Waals surface area contributed by atoms with E-state index in [4.69, 9.17) is 18.6 Å². The Morgan fingerprint density at radius 3 is 2.27 bits per heavy atom. The number of methoxy groups -OCH3 is 3. The number of allylic oxidation sites excluding steroid dienone is 1. The normalized spacial score (nSPS) is 11.2. The Labute approximate surface area is 152 Å². The van der Waals surface area contributed by atoms with Crippen molar-refractivity contribution >= 4 is 17.0 Å². The number of phenolic OH excluding ortho intramolecular Hbond substituents is 1. The number of fused-ring (bicyclic) bond motifs is 1. The first-order chi connectivity index (χ1) is 12.5. The summed E-state index contributed by atoms with van der Waals surface area (Å²) in [5.41, 5.74) is 2.59. The second-order valence-electron chi connectivity index (χ2n) is 5.95. The molecule has 0 fully saturated rings. The van der Waals surface area contributed by atoms with Gasteiger partial charge in [0.25, 0.3) is 0 Å². The molecule has 0 unspecified atom stereocenters. The summed E-state index contributed by atoms with van der Waals surface area (Å²) in [5.74, 6) is 2.79. The number of aryl methyl sites for hydroxylation is 1. The molecule has 1 aromatic heterocycles. The van der Waals surface area contributed by atoms with Gasteiger partial charge in [0.1, 0.15) is 17.1 Å². The largest absolute Gasteiger partial charge is 0.507 e. The number of hydrogen-bond acceptors (Lipinski definition) is 5. The fraction of sp³-hybridized carbons (Fsp3) is 0.238. The second kappa shape index (κ2) is 7.44. The van der Waals surface area contributed by atoms with Gasteiger partial charge in [-0.25, -0.2) is 0 Å². The minimum absolute atomic E-state index is 0.232. The summed E-state index contributed by atoms with van der Waals surface area (Å²) in [6, 6.07) is 9.31. The van der Waals surface area contributed by atoms with Gasteiger partial charge < -0.3 is 23.7 Å². The van der Waals surface area contributed by atoms with Crippen molar-refractivity contribution in [2.24, 2.45) is 0 Å². The summed E-state index contributed by atoms with van der Waals surface area (Å²) < 4.78 is 21.7. The lowest BCUT2D eigenvalue weighted by atomic mass is 10.1. The van der Waals surface area contributed by atoms with Crippen molar-refractivity contribution in [3.63, 3.8) is 0 Å². The molecule has 3 aromatic rings. The van der Waals surface area contributed by atoms with Gasteiger partial charge in [0.15, 0.2) is 11.5 Å². The predicted molar refractivity (Wildman–Crippen MR) is 101 cm³/mol. The predicted octanol–water partition coefficient (Wildman–Crippen LogP) is 4.73. The van der Waals surface area contributed by atoms with Crippen molar-refractivity contribution in [1.82, 2.24) is 0 Å². The van der Waals surface area contributed by atoms with Gasteiger partial charge in [0, 0.05) is 0 Å². The average molecular weight is 354 g/mol. The molecule has 0 bridgehead atoms. The van der Waals surface area contributed by atoms with E-state index in [2.05, 4.69) is 0 Å². The zero-order valence-electron chi connectivity index (χ0n) is 15.3. The molecule has 0 amide bonds. The number of aromatic hydroxyl groups is 1. The lowest BCUT2D eigenvalue weighted by Gasteiger charge is -2.12. The van der Waals surface area contributed by atoms with Crippen LogP contribution < -0.4 is 14.2 Å². The van der Waals surface area contributed by atoms with Crippen LogP contribution in [0.5, 0.6) is 23.0 Å². The average Bonchev–Trinajstić information content (AvgIpc) is 3.01. The van der Waals surface area contributed by atoms with E-state index in [0.29, 0.717) is 29.3 Å². The summed E-state index contributed by atoms with van der Waals surface area (Å²) >= 11 is 0. The summed E-state index contributed by atoms with van der Waals surface area (Å²) in [5, 5.41) is 10.9. The topological polar surface area (TPSA) is 61.1 Å². The van der Waals surface area contributed by atoms with Gasteiger partial charge in [-0.05, 0) is 54.8 Å². The van der Waals surface area contributed by atoms with Crippen molar-refractivity contribution in [3.05, 3.63) is 53.3 Å². The van der Waals surface area contributed by atoms with Crippen LogP contribution in [-0.4, -0.2) is 26.4 Å². The first kappa shape index (κ1) is 17.7. The number of furan rings is 1. The molecule has 3 rings (SSSR count). The highest BCUT2D eigenvalue weighted by atomic mass is 16.5. The molecule has 136 valence electrons. The Hall–Kier alpha value is -3.08. The van der Waals surface area contributed by atoms with Gasteiger partial charge >= 0.3 is 0 Å². The van der Waals surface area contributed by atoms with E-state index in [0.717, 1.165) is 22.3 Å². The molecule has 5 heteroatoms. The molecule has 1 N–H and O–H groups in total. The van der Waals surface area contributed by atoms with E-state index in [1.807, 2.05) is 43.3 Å². The standard InChI is InChI=1S/C21H22O5/c1-13-8-16-17(22)9-14(10-18(16)26-13)6-5-7-15-11-19(23-2)21(25-4)20(12-15)24-3/h5,7-12,22H,6H2,1-4H3/b7-5+. The van der Waals surface area contributed by atoms with Crippen LogP contribution >= 0.6 is 0 Å². The molecule has 0 atom stereocenters. The van der Waals surface area contributed by atoms with Gasteiger partial charge in [-0.15, -0.1) is 0 Å². The zero-order chi connectivity index (χ0) is 18.7. The Kier molecular flexibility index (Phi) is 5.07. The van der Waals surface area contributed by atoms with Crippen molar-refractivity contribution in [2.75, 3.05) is 21.3 Å².